The van der Waals surface area contributed by atoms with Crippen LogP contribution in [0.25, 0.3) is 0 Å². The molecule has 21 heavy (non-hydrogen) atoms. The molecule has 0 aliphatic heterocycles. The summed E-state index contributed by atoms with van der Waals surface area (Å²) in [6.45, 7) is 12.8. The van der Waals surface area contributed by atoms with E-state index < -0.39 is 0 Å². The molecule has 0 amide bonds. The van der Waals surface area contributed by atoms with Gasteiger partial charge in [-0.05, 0) is 36.8 Å². The van der Waals surface area contributed by atoms with Gasteiger partial charge in [-0.1, -0.05) is 45.9 Å². The summed E-state index contributed by atoms with van der Waals surface area (Å²) in [5.74, 6) is 0.586. The third-order valence-corrected chi connectivity index (χ3v) is 3.35. The van der Waals surface area contributed by atoms with Crippen molar-refractivity contribution in [3.63, 3.8) is 0 Å². The fourth-order valence-electron chi connectivity index (χ4n) is 2.29. The second-order valence-corrected chi connectivity index (χ2v) is 5.92. The first-order valence-electron chi connectivity index (χ1n) is 7.69. The molecule has 0 fully saturated rings. The molecule has 116 valence electrons. The fraction of sp³-hybridized carbons (Fsp3) is 0.556. The van der Waals surface area contributed by atoms with Gasteiger partial charge < -0.3 is 4.74 Å². The maximum absolute atomic E-state index is 11.6. The standard InChI is InChI=1S/C18H27NO2/c1-7-21-17(20)11-14(6)19-18-15(12(2)3)9-8-10-16(18)13(4)5/h8-10,12-13H,7,11H2,1-6H3. The number of carbonyl (C=O) groups is 1. The highest BCUT2D eigenvalue weighted by molar-refractivity contribution is 5.99. The maximum atomic E-state index is 11.6. The number of ether oxygens (including phenoxy) is 1. The van der Waals surface area contributed by atoms with E-state index in [0.29, 0.717) is 18.4 Å². The minimum Gasteiger partial charge on any atom is -0.466 e. The lowest BCUT2D eigenvalue weighted by Gasteiger charge is -2.17. The molecule has 1 aromatic rings. The summed E-state index contributed by atoms with van der Waals surface area (Å²) in [7, 11) is 0. The number of nitrogens with zero attached hydrogens (tertiary/aromatic N) is 1. The van der Waals surface area contributed by atoms with Gasteiger partial charge in [0.05, 0.1) is 18.7 Å². The first-order valence-corrected chi connectivity index (χ1v) is 7.69. The third-order valence-electron chi connectivity index (χ3n) is 3.35. The highest BCUT2D eigenvalue weighted by Crippen LogP contribution is 2.34. The van der Waals surface area contributed by atoms with E-state index in [1.54, 1.807) is 0 Å². The zero-order valence-electron chi connectivity index (χ0n) is 14.1. The molecule has 0 radical (unpaired) electrons. The lowest BCUT2D eigenvalue weighted by atomic mass is 9.93. The number of hydrogen-bond donors (Lipinski definition) is 0. The van der Waals surface area contributed by atoms with E-state index in [-0.39, 0.29) is 12.4 Å². The summed E-state index contributed by atoms with van der Waals surface area (Å²) in [6.07, 6.45) is 0.248. The smallest absolute Gasteiger partial charge is 0.311 e. The number of carbonyl (C=O) groups excluding carboxylic acids is 1. The molecule has 0 saturated carbocycles. The highest BCUT2D eigenvalue weighted by atomic mass is 16.5. The van der Waals surface area contributed by atoms with Crippen LogP contribution in [0.5, 0.6) is 0 Å². The number of aliphatic imine (C=N–C) groups is 1. The number of hydrogen-bond acceptors (Lipinski definition) is 3. The van der Waals surface area contributed by atoms with Gasteiger partial charge in [0.15, 0.2) is 0 Å². The summed E-state index contributed by atoms with van der Waals surface area (Å²) >= 11 is 0. The molecule has 0 saturated heterocycles. The van der Waals surface area contributed by atoms with Crippen LogP contribution in [0.1, 0.15) is 70.9 Å². The summed E-state index contributed by atoms with van der Waals surface area (Å²) in [4.78, 5) is 16.3. The van der Waals surface area contributed by atoms with Gasteiger partial charge in [0.1, 0.15) is 0 Å². The van der Waals surface area contributed by atoms with Crippen molar-refractivity contribution in [1.29, 1.82) is 0 Å². The second-order valence-electron chi connectivity index (χ2n) is 5.92. The first-order chi connectivity index (χ1) is 9.86. The van der Waals surface area contributed by atoms with Crippen molar-refractivity contribution in [1.82, 2.24) is 0 Å². The molecule has 0 unspecified atom stereocenters. The van der Waals surface area contributed by atoms with Crippen LogP contribution in [0, 0.1) is 0 Å². The molecule has 3 nitrogen and oxygen atoms in total. The SMILES string of the molecule is CCOC(=O)CC(C)=Nc1c(C(C)C)cccc1C(C)C. The minimum absolute atomic E-state index is 0.216. The van der Waals surface area contributed by atoms with Crippen molar-refractivity contribution in [3.05, 3.63) is 29.3 Å². The van der Waals surface area contributed by atoms with Crippen molar-refractivity contribution in [2.75, 3.05) is 6.61 Å². The second kappa shape index (κ2) is 7.96. The molecule has 0 aliphatic rings. The Morgan fingerprint density at radius 3 is 2.10 bits per heavy atom. The Kier molecular flexibility index (Phi) is 6.60. The molecule has 0 bridgehead atoms. The Bertz CT molecular complexity index is 490. The van der Waals surface area contributed by atoms with E-state index in [1.807, 2.05) is 13.8 Å². The van der Waals surface area contributed by atoms with Crippen LogP contribution in [0.4, 0.5) is 5.69 Å². The number of para-hydroxylation sites is 1. The van der Waals surface area contributed by atoms with Crippen LogP contribution < -0.4 is 0 Å². The van der Waals surface area contributed by atoms with Gasteiger partial charge >= 0.3 is 5.97 Å². The zero-order chi connectivity index (χ0) is 16.0. The topological polar surface area (TPSA) is 38.7 Å². The molecule has 0 aliphatic carbocycles. The molecular formula is C18H27NO2. The molecule has 3 heteroatoms. The predicted octanol–water partition coefficient (Wildman–Crippen LogP) is 4.98. The van der Waals surface area contributed by atoms with Gasteiger partial charge in [0.2, 0.25) is 0 Å². The molecular weight excluding hydrogens is 262 g/mol. The number of benzene rings is 1. The van der Waals surface area contributed by atoms with Crippen molar-refractivity contribution in [2.45, 2.75) is 59.8 Å². The van der Waals surface area contributed by atoms with Crippen LogP contribution >= 0.6 is 0 Å². The normalized spacial score (nSPS) is 12.1. The Morgan fingerprint density at radius 2 is 1.67 bits per heavy atom. The van der Waals surface area contributed by atoms with E-state index in [9.17, 15) is 4.79 Å². The number of rotatable bonds is 6. The van der Waals surface area contributed by atoms with Gasteiger partial charge in [-0.15, -0.1) is 0 Å². The van der Waals surface area contributed by atoms with Gasteiger partial charge in [-0.3, -0.25) is 9.79 Å². The van der Waals surface area contributed by atoms with Gasteiger partial charge in [0.25, 0.3) is 0 Å². The lowest BCUT2D eigenvalue weighted by Crippen LogP contribution is -2.09. The Hall–Kier alpha value is -1.64. The minimum atomic E-state index is -0.216. The Balaban J connectivity index is 3.17. The summed E-state index contributed by atoms with van der Waals surface area (Å²) in [5.41, 5.74) is 4.27. The van der Waals surface area contributed by atoms with Crippen molar-refractivity contribution in [3.8, 4) is 0 Å². The summed E-state index contributed by atoms with van der Waals surface area (Å²) < 4.78 is 4.99. The van der Waals surface area contributed by atoms with Crippen LogP contribution in [0.3, 0.4) is 0 Å². The van der Waals surface area contributed by atoms with Crippen LogP contribution in [0.2, 0.25) is 0 Å². The van der Waals surface area contributed by atoms with Crippen molar-refractivity contribution in [2.24, 2.45) is 4.99 Å². The molecule has 0 aromatic heterocycles. The van der Waals surface area contributed by atoms with E-state index >= 15 is 0 Å². The number of esters is 1. The molecule has 1 aromatic carbocycles. The van der Waals surface area contributed by atoms with Crippen LogP contribution in [0.15, 0.2) is 23.2 Å². The van der Waals surface area contributed by atoms with E-state index in [2.05, 4.69) is 45.9 Å². The first kappa shape index (κ1) is 17.4. The van der Waals surface area contributed by atoms with Gasteiger partial charge in [0, 0.05) is 5.71 Å². The predicted molar refractivity (Wildman–Crippen MR) is 88.6 cm³/mol. The van der Waals surface area contributed by atoms with Gasteiger partial charge in [-0.2, -0.15) is 0 Å². The van der Waals surface area contributed by atoms with E-state index in [0.717, 1.165) is 11.4 Å². The highest BCUT2D eigenvalue weighted by Gasteiger charge is 2.14. The summed E-state index contributed by atoms with van der Waals surface area (Å²) in [6, 6.07) is 6.32. The molecule has 1 rings (SSSR count). The molecule has 0 heterocycles. The zero-order valence-corrected chi connectivity index (χ0v) is 14.1. The van der Waals surface area contributed by atoms with E-state index in [1.165, 1.54) is 11.1 Å². The fourth-order valence-corrected chi connectivity index (χ4v) is 2.29. The Labute approximate surface area is 128 Å². The maximum Gasteiger partial charge on any atom is 0.311 e. The Morgan fingerprint density at radius 1 is 1.14 bits per heavy atom. The quantitative estimate of drug-likeness (QED) is 0.547. The van der Waals surface area contributed by atoms with Gasteiger partial charge in [-0.25, -0.2) is 0 Å². The molecule has 0 atom stereocenters. The monoisotopic (exact) mass is 289 g/mol. The average Bonchev–Trinajstić information content (AvgIpc) is 2.38. The van der Waals surface area contributed by atoms with E-state index in [4.69, 9.17) is 9.73 Å². The molecule has 0 N–H and O–H groups in total. The third kappa shape index (κ3) is 5.00. The molecule has 0 spiro atoms. The van der Waals surface area contributed by atoms with Crippen molar-refractivity contribution >= 4 is 17.4 Å². The van der Waals surface area contributed by atoms with Crippen molar-refractivity contribution < 1.29 is 9.53 Å². The lowest BCUT2D eigenvalue weighted by molar-refractivity contribution is -0.141. The van der Waals surface area contributed by atoms with Crippen LogP contribution in [-0.4, -0.2) is 18.3 Å². The van der Waals surface area contributed by atoms with Crippen LogP contribution in [-0.2, 0) is 9.53 Å². The summed E-state index contributed by atoms with van der Waals surface area (Å²) in [5, 5.41) is 0. The average molecular weight is 289 g/mol. The largest absolute Gasteiger partial charge is 0.466 e.